The summed E-state index contributed by atoms with van der Waals surface area (Å²) in [5.74, 6) is 1.90. The number of rotatable bonds is 6. The van der Waals surface area contributed by atoms with Gasteiger partial charge in [-0.05, 0) is 53.6 Å². The average molecular weight is 470 g/mol. The fourth-order valence-corrected chi connectivity index (χ4v) is 6.05. The molecule has 7 atom stereocenters. The molecule has 0 spiro atoms. The Morgan fingerprint density at radius 3 is 2.76 bits per heavy atom. The number of hydrogen-bond acceptors (Lipinski definition) is 8. The van der Waals surface area contributed by atoms with Crippen LogP contribution in [0.4, 0.5) is 5.82 Å². The maximum atomic E-state index is 11.7. The van der Waals surface area contributed by atoms with Crippen molar-refractivity contribution >= 4 is 22.9 Å². The normalized spacial score (nSPS) is 32.5. The van der Waals surface area contributed by atoms with Crippen molar-refractivity contribution in [2.45, 2.75) is 62.4 Å². The summed E-state index contributed by atoms with van der Waals surface area (Å²) in [4.78, 5) is 25.7. The molecule has 0 radical (unpaired) electrons. The monoisotopic (exact) mass is 469 g/mol. The molecular formula is C22H29N8O4+. The Bertz CT molecular complexity index is 1200. The Morgan fingerprint density at radius 2 is 2.06 bits per heavy atom. The Hall–Kier alpha value is -3.09. The Labute approximate surface area is 195 Å². The molecule has 3 saturated carbocycles. The molecule has 180 valence electrons. The number of aromatic amines is 1. The molecule has 12 nitrogen and oxygen atoms in total. The zero-order valence-corrected chi connectivity index (χ0v) is 18.6. The van der Waals surface area contributed by atoms with Crippen LogP contribution < -0.4 is 15.3 Å². The average Bonchev–Trinajstić information content (AvgIpc) is 3.66. The third-order valence-corrected chi connectivity index (χ3v) is 7.73. The highest BCUT2D eigenvalue weighted by Crippen LogP contribution is 2.45. The second kappa shape index (κ2) is 8.29. The number of carbonyl (C=O) groups excluding carboxylic acids is 1. The maximum absolute atomic E-state index is 11.7. The molecule has 3 heterocycles. The maximum Gasteiger partial charge on any atom is 0.459 e. The van der Waals surface area contributed by atoms with Crippen LogP contribution >= 0.6 is 0 Å². The van der Waals surface area contributed by atoms with E-state index in [1.807, 2.05) is 12.3 Å². The van der Waals surface area contributed by atoms with Crippen molar-refractivity contribution in [3.05, 3.63) is 24.8 Å². The minimum absolute atomic E-state index is 0.268. The number of imidazole rings is 1. The predicted molar refractivity (Wildman–Crippen MR) is 119 cm³/mol. The molecule has 34 heavy (non-hydrogen) atoms. The summed E-state index contributed by atoms with van der Waals surface area (Å²) in [6.45, 7) is -0.681. The summed E-state index contributed by atoms with van der Waals surface area (Å²) < 4.78 is 3.45. The second-order valence-electron chi connectivity index (χ2n) is 9.75. The van der Waals surface area contributed by atoms with E-state index in [2.05, 4.69) is 20.7 Å². The van der Waals surface area contributed by atoms with Crippen LogP contribution in [0.5, 0.6) is 0 Å². The number of amides is 1. The van der Waals surface area contributed by atoms with E-state index < -0.39 is 36.8 Å². The van der Waals surface area contributed by atoms with Crippen LogP contribution in [0.25, 0.3) is 17.1 Å². The lowest BCUT2D eigenvalue weighted by Gasteiger charge is -2.22. The topological polar surface area (TPSA) is 165 Å². The van der Waals surface area contributed by atoms with Crippen molar-refractivity contribution in [1.82, 2.24) is 29.9 Å². The standard InChI is InChI=1S/C22H28N8O4/c31-9-16(32)25-14-8-15(19(34)18(14)33)29-10-23-17-20(26-13-7-11-2-3-12(13)6-11)27-22(28-21(17)29)30-5-1-4-24-30/h1,4-5,10-15,18-19,31,33-34H,2-3,6-9H2,(H2,25,26,27,28,32)/p+1/t11?,12?,13?,14-,15+,18+,19-/m0/s1. The van der Waals surface area contributed by atoms with E-state index in [-0.39, 0.29) is 6.42 Å². The predicted octanol–water partition coefficient (Wildman–Crippen LogP) is -0.825. The van der Waals surface area contributed by atoms with Crippen LogP contribution in [0.1, 0.15) is 38.1 Å². The number of fused-ring (bicyclic) bond motifs is 3. The first-order chi connectivity index (χ1) is 16.5. The van der Waals surface area contributed by atoms with Gasteiger partial charge in [0.2, 0.25) is 17.4 Å². The van der Waals surface area contributed by atoms with E-state index in [4.69, 9.17) is 15.1 Å². The molecule has 0 aromatic carbocycles. The van der Waals surface area contributed by atoms with E-state index in [0.29, 0.717) is 34.9 Å². The number of aromatic nitrogens is 6. The summed E-state index contributed by atoms with van der Waals surface area (Å²) in [6.07, 6.45) is 8.06. The molecule has 6 N–H and O–H groups in total. The van der Waals surface area contributed by atoms with Gasteiger partial charge in [0.1, 0.15) is 18.8 Å². The number of aliphatic hydroxyl groups excluding tert-OH is 3. The zero-order valence-electron chi connectivity index (χ0n) is 18.6. The number of nitrogens with one attached hydrogen (secondary N) is 3. The summed E-state index contributed by atoms with van der Waals surface area (Å²) in [7, 11) is 0. The van der Waals surface area contributed by atoms with Gasteiger partial charge in [-0.25, -0.2) is 4.98 Å². The summed E-state index contributed by atoms with van der Waals surface area (Å²) in [5, 5.41) is 39.6. The number of nitrogens with zero attached hydrogens (tertiary/aromatic N) is 5. The van der Waals surface area contributed by atoms with Crippen molar-refractivity contribution in [3.63, 3.8) is 0 Å². The minimum Gasteiger partial charge on any atom is -0.388 e. The molecule has 0 aliphatic heterocycles. The largest absolute Gasteiger partial charge is 0.459 e. The Balaban J connectivity index is 1.38. The number of H-pyrrole nitrogens is 1. The molecule has 3 fully saturated rings. The lowest BCUT2D eigenvalue weighted by atomic mass is 9.95. The van der Waals surface area contributed by atoms with Gasteiger partial charge < -0.3 is 26.0 Å². The van der Waals surface area contributed by atoms with Crippen LogP contribution in [-0.2, 0) is 4.79 Å². The smallest absolute Gasteiger partial charge is 0.388 e. The molecule has 0 saturated heterocycles. The summed E-state index contributed by atoms with van der Waals surface area (Å²) in [5.41, 5.74) is 1.13. The van der Waals surface area contributed by atoms with Gasteiger partial charge in [0.15, 0.2) is 5.52 Å². The van der Waals surface area contributed by atoms with Crippen LogP contribution in [0.2, 0.25) is 0 Å². The van der Waals surface area contributed by atoms with E-state index >= 15 is 0 Å². The van der Waals surface area contributed by atoms with E-state index in [1.165, 1.54) is 19.3 Å². The molecule has 3 aromatic rings. The van der Waals surface area contributed by atoms with Gasteiger partial charge in [0, 0.05) is 12.2 Å². The van der Waals surface area contributed by atoms with Gasteiger partial charge in [-0.15, -0.1) is 4.68 Å². The van der Waals surface area contributed by atoms with Crippen molar-refractivity contribution in [2.24, 2.45) is 11.8 Å². The molecule has 12 heteroatoms. The van der Waals surface area contributed by atoms with Gasteiger partial charge in [-0.1, -0.05) is 6.42 Å². The number of hydrogen-bond donors (Lipinski definition) is 6. The summed E-state index contributed by atoms with van der Waals surface area (Å²) >= 11 is 0. The molecule has 3 aliphatic rings. The summed E-state index contributed by atoms with van der Waals surface area (Å²) in [6, 6.07) is 0.943. The van der Waals surface area contributed by atoms with Crippen LogP contribution in [0.3, 0.4) is 0 Å². The van der Waals surface area contributed by atoms with Crippen molar-refractivity contribution in [3.8, 4) is 5.95 Å². The van der Waals surface area contributed by atoms with Gasteiger partial charge in [0.25, 0.3) is 0 Å². The molecule has 3 unspecified atom stereocenters. The lowest BCUT2D eigenvalue weighted by Crippen LogP contribution is -2.44. The fraction of sp³-hybridized carbons (Fsp3) is 0.591. The van der Waals surface area contributed by atoms with Gasteiger partial charge in [-0.3, -0.25) is 14.5 Å². The minimum atomic E-state index is -1.18. The van der Waals surface area contributed by atoms with Crippen molar-refractivity contribution < 1.29 is 24.8 Å². The first-order valence-electron chi connectivity index (χ1n) is 11.8. The quantitative estimate of drug-likeness (QED) is 0.255. The lowest BCUT2D eigenvalue weighted by molar-refractivity contribution is -0.662. The molecule has 1 amide bonds. The SMILES string of the molecule is O=C(CO)N[C@H]1C[C@@H](n2cnc3c(NC4CC5CCC4C5)nc(-[n+]4ccc[nH]4)nc32)[C@H](O)[C@@H]1O. The van der Waals surface area contributed by atoms with Crippen molar-refractivity contribution in [2.75, 3.05) is 11.9 Å². The zero-order chi connectivity index (χ0) is 23.4. The Kier molecular flexibility index (Phi) is 5.23. The third-order valence-electron chi connectivity index (χ3n) is 7.73. The van der Waals surface area contributed by atoms with Crippen LogP contribution in [0.15, 0.2) is 24.8 Å². The molecule has 3 aliphatic carbocycles. The Morgan fingerprint density at radius 1 is 1.18 bits per heavy atom. The van der Waals surface area contributed by atoms with Crippen LogP contribution in [0, 0.1) is 11.8 Å². The number of anilines is 1. The van der Waals surface area contributed by atoms with E-state index in [1.54, 1.807) is 21.8 Å². The third kappa shape index (κ3) is 3.53. The van der Waals surface area contributed by atoms with Gasteiger partial charge in [0.05, 0.1) is 24.6 Å². The highest BCUT2D eigenvalue weighted by Gasteiger charge is 2.45. The van der Waals surface area contributed by atoms with Crippen molar-refractivity contribution in [1.29, 1.82) is 0 Å². The van der Waals surface area contributed by atoms with Gasteiger partial charge in [-0.2, -0.15) is 0 Å². The molecular weight excluding hydrogens is 440 g/mol. The second-order valence-corrected chi connectivity index (χ2v) is 9.75. The number of carbonyl (C=O) groups is 1. The first-order valence-corrected chi connectivity index (χ1v) is 11.8. The van der Waals surface area contributed by atoms with E-state index in [0.717, 1.165) is 12.3 Å². The first kappa shape index (κ1) is 21.4. The van der Waals surface area contributed by atoms with Crippen LogP contribution in [-0.4, -0.2) is 76.7 Å². The molecule has 6 rings (SSSR count). The number of aliphatic hydroxyl groups is 3. The highest BCUT2D eigenvalue weighted by molar-refractivity contribution is 5.83. The van der Waals surface area contributed by atoms with E-state index in [9.17, 15) is 15.0 Å². The van der Waals surface area contributed by atoms with Gasteiger partial charge >= 0.3 is 5.95 Å². The fourth-order valence-electron chi connectivity index (χ4n) is 6.05. The highest BCUT2D eigenvalue weighted by atomic mass is 16.3. The molecule has 3 aromatic heterocycles. The molecule has 2 bridgehead atoms.